The quantitative estimate of drug-likeness (QED) is 0.188. The number of aromatic nitrogens is 2. The van der Waals surface area contributed by atoms with E-state index >= 15 is 0 Å². The van der Waals surface area contributed by atoms with E-state index in [9.17, 15) is 26.3 Å². The van der Waals surface area contributed by atoms with Gasteiger partial charge in [0, 0.05) is 11.4 Å². The Morgan fingerprint density at radius 2 is 0.896 bits per heavy atom. The van der Waals surface area contributed by atoms with E-state index < -0.39 is 24.9 Å². The van der Waals surface area contributed by atoms with Crippen molar-refractivity contribution in [2.45, 2.75) is 51.6 Å². The molecule has 4 aromatic rings. The predicted octanol–water partition coefficient (Wildman–Crippen LogP) is 8.29. The Balaban J connectivity index is 0.000000188. The predicted molar refractivity (Wildman–Crippen MR) is 157 cm³/mol. The Morgan fingerprint density at radius 1 is 0.542 bits per heavy atom. The summed E-state index contributed by atoms with van der Waals surface area (Å²) in [6.07, 6.45) is -6.37. The third-order valence-corrected chi connectivity index (χ3v) is 6.49. The number of hydrogen-bond acceptors (Lipinski definition) is 10. The third-order valence-electron chi connectivity index (χ3n) is 6.49. The number of halogens is 6. The van der Waals surface area contributed by atoms with Crippen molar-refractivity contribution in [3.63, 3.8) is 0 Å². The maximum Gasteiger partial charge on any atom is 0.573 e. The lowest BCUT2D eigenvalue weighted by Gasteiger charge is -2.11. The lowest BCUT2D eigenvalue weighted by atomic mass is 10.1. The molecule has 0 saturated heterocycles. The average Bonchev–Trinajstić information content (AvgIpc) is 3.69. The van der Waals surface area contributed by atoms with Crippen molar-refractivity contribution in [2.75, 3.05) is 0 Å². The number of rotatable bonds is 6. The molecule has 2 atom stereocenters. The van der Waals surface area contributed by atoms with Gasteiger partial charge >= 0.3 is 12.7 Å². The maximum atomic E-state index is 12.1. The van der Waals surface area contributed by atoms with Gasteiger partial charge in [0.2, 0.25) is 11.8 Å². The molecule has 0 unspecified atom stereocenters. The van der Waals surface area contributed by atoms with Gasteiger partial charge in [0.25, 0.3) is 0 Å². The van der Waals surface area contributed by atoms with Gasteiger partial charge in [-0.05, 0) is 73.5 Å². The summed E-state index contributed by atoms with van der Waals surface area (Å²) < 4.78 is 91.6. The average molecular weight is 677 g/mol. The minimum absolute atomic E-state index is 0.285. The van der Waals surface area contributed by atoms with Gasteiger partial charge < -0.3 is 28.6 Å². The van der Waals surface area contributed by atoms with Crippen LogP contribution in [0.2, 0.25) is 0 Å². The van der Waals surface area contributed by atoms with E-state index in [0.29, 0.717) is 47.3 Å². The van der Waals surface area contributed by atoms with Crippen molar-refractivity contribution in [3.05, 3.63) is 108 Å². The van der Waals surface area contributed by atoms with Gasteiger partial charge in [0.1, 0.15) is 23.0 Å². The molecule has 2 aliphatic heterocycles. The van der Waals surface area contributed by atoms with Crippen molar-refractivity contribution >= 4 is 11.8 Å². The second-order valence-corrected chi connectivity index (χ2v) is 10.3. The van der Waals surface area contributed by atoms with E-state index in [4.69, 9.17) is 19.1 Å². The summed E-state index contributed by atoms with van der Waals surface area (Å²) in [6, 6.07) is 18.1. The Kier molecular flexibility index (Phi) is 10.2. The van der Waals surface area contributed by atoms with Crippen molar-refractivity contribution in [3.8, 4) is 23.0 Å². The molecule has 4 heterocycles. The van der Waals surface area contributed by atoms with E-state index in [-0.39, 0.29) is 11.5 Å². The van der Waals surface area contributed by atoms with Gasteiger partial charge in [-0.1, -0.05) is 34.6 Å². The molecule has 2 aromatic heterocycles. The first-order chi connectivity index (χ1) is 22.8. The first-order valence-corrected chi connectivity index (χ1v) is 14.2. The monoisotopic (exact) mass is 676 g/mol. The maximum absolute atomic E-state index is 12.1. The van der Waals surface area contributed by atoms with Crippen molar-refractivity contribution in [1.29, 1.82) is 0 Å². The number of benzene rings is 2. The van der Waals surface area contributed by atoms with Crippen LogP contribution in [0.1, 0.15) is 47.6 Å². The molecule has 0 fully saturated rings. The molecular weight excluding hydrogens is 650 g/mol. The summed E-state index contributed by atoms with van der Waals surface area (Å²) in [5, 5.41) is 7.70. The molecular formula is C32H26F6N4O6. The summed E-state index contributed by atoms with van der Waals surface area (Å²) in [5.41, 5.74) is 3.08. The molecule has 252 valence electrons. The van der Waals surface area contributed by atoms with E-state index in [1.807, 2.05) is 26.0 Å². The molecule has 2 aliphatic rings. The first-order valence-electron chi connectivity index (χ1n) is 14.2. The summed E-state index contributed by atoms with van der Waals surface area (Å²) in [7, 11) is 0. The molecule has 48 heavy (non-hydrogen) atoms. The van der Waals surface area contributed by atoms with E-state index in [1.165, 1.54) is 48.5 Å². The molecule has 0 saturated carbocycles. The second kappa shape index (κ2) is 14.5. The number of ether oxygens (including phenoxy) is 4. The lowest BCUT2D eigenvalue weighted by molar-refractivity contribution is -0.275. The van der Waals surface area contributed by atoms with Crippen LogP contribution in [0.15, 0.2) is 95.5 Å². The lowest BCUT2D eigenvalue weighted by Crippen LogP contribution is -2.17. The summed E-state index contributed by atoms with van der Waals surface area (Å²) >= 11 is 0. The molecule has 0 spiro atoms. The normalized spacial score (nSPS) is 17.2. The highest BCUT2D eigenvalue weighted by atomic mass is 19.4. The van der Waals surface area contributed by atoms with Gasteiger partial charge in [-0.2, -0.15) is 0 Å². The van der Waals surface area contributed by atoms with Crippen molar-refractivity contribution in [1.82, 2.24) is 9.97 Å². The Labute approximate surface area is 269 Å². The number of oxime groups is 2. The van der Waals surface area contributed by atoms with E-state index in [2.05, 4.69) is 29.8 Å². The third kappa shape index (κ3) is 10.2. The standard InChI is InChI=1S/2C16H13F3N2O3/c2*1-10-2-5-13(9-20-10)22-15-8-14(24-21-15)11-3-6-12(7-4-11)23-16(17,18)19/h2*2-7,9,14H,8H2,1H3/t2*14-/m10/s1. The van der Waals surface area contributed by atoms with Crippen LogP contribution in [0.5, 0.6) is 23.0 Å². The topological polar surface area (TPSA) is 106 Å². The number of nitrogens with zero attached hydrogens (tertiary/aromatic N) is 4. The molecule has 0 radical (unpaired) electrons. The number of pyridine rings is 2. The zero-order valence-electron chi connectivity index (χ0n) is 25.2. The Bertz CT molecular complexity index is 1580. The minimum Gasteiger partial charge on any atom is -0.438 e. The summed E-state index contributed by atoms with van der Waals surface area (Å²) in [6.45, 7) is 3.73. The highest BCUT2D eigenvalue weighted by molar-refractivity contribution is 5.80. The van der Waals surface area contributed by atoms with Crippen LogP contribution in [-0.4, -0.2) is 34.5 Å². The molecule has 0 N–H and O–H groups in total. The zero-order valence-corrected chi connectivity index (χ0v) is 25.2. The van der Waals surface area contributed by atoms with Crippen LogP contribution in [0.25, 0.3) is 0 Å². The molecule has 0 amide bonds. The van der Waals surface area contributed by atoms with Crippen LogP contribution in [0, 0.1) is 13.8 Å². The van der Waals surface area contributed by atoms with Gasteiger partial charge in [-0.3, -0.25) is 9.97 Å². The van der Waals surface area contributed by atoms with Crippen LogP contribution in [0.3, 0.4) is 0 Å². The molecule has 10 nitrogen and oxygen atoms in total. The molecule has 0 bridgehead atoms. The largest absolute Gasteiger partial charge is 0.573 e. The zero-order chi connectivity index (χ0) is 34.3. The fraction of sp³-hybridized carbons (Fsp3) is 0.250. The fourth-order valence-electron chi connectivity index (χ4n) is 4.26. The minimum atomic E-state index is -4.71. The van der Waals surface area contributed by atoms with Crippen molar-refractivity contribution < 1.29 is 55.0 Å². The SMILES string of the molecule is Cc1ccc(OC2=NO[C@@H](c3ccc(OC(F)(F)F)cc3)C2)cn1.Cc1ccc(OC2=NO[C@H](c3ccc(OC(F)(F)F)cc3)C2)cn1. The van der Waals surface area contributed by atoms with E-state index in [0.717, 1.165) is 11.4 Å². The number of hydrogen-bond donors (Lipinski definition) is 0. The van der Waals surface area contributed by atoms with Gasteiger partial charge in [0.15, 0.2) is 12.2 Å². The van der Waals surface area contributed by atoms with Gasteiger partial charge in [-0.15, -0.1) is 26.3 Å². The number of aryl methyl sites for hydroxylation is 2. The number of alkyl halides is 6. The van der Waals surface area contributed by atoms with Crippen LogP contribution >= 0.6 is 0 Å². The van der Waals surface area contributed by atoms with Gasteiger partial charge in [-0.25, -0.2) is 0 Å². The van der Waals surface area contributed by atoms with Crippen LogP contribution < -0.4 is 18.9 Å². The summed E-state index contributed by atoms with van der Waals surface area (Å²) in [4.78, 5) is 18.8. The fourth-order valence-corrected chi connectivity index (χ4v) is 4.26. The highest BCUT2D eigenvalue weighted by Gasteiger charge is 2.32. The molecule has 6 rings (SSSR count). The molecule has 0 aliphatic carbocycles. The second-order valence-electron chi connectivity index (χ2n) is 10.3. The Hall–Kier alpha value is -5.54. The highest BCUT2D eigenvalue weighted by Crippen LogP contribution is 2.32. The van der Waals surface area contributed by atoms with Crippen LogP contribution in [0.4, 0.5) is 26.3 Å². The first kappa shape index (κ1) is 33.8. The van der Waals surface area contributed by atoms with Crippen LogP contribution in [-0.2, 0) is 9.68 Å². The Morgan fingerprint density at radius 3 is 1.21 bits per heavy atom. The smallest absolute Gasteiger partial charge is 0.438 e. The van der Waals surface area contributed by atoms with E-state index in [1.54, 1.807) is 24.5 Å². The summed E-state index contributed by atoms with van der Waals surface area (Å²) in [5.74, 6) is 1.26. The van der Waals surface area contributed by atoms with Gasteiger partial charge in [0.05, 0.1) is 25.2 Å². The molecule has 2 aromatic carbocycles. The van der Waals surface area contributed by atoms with Crippen molar-refractivity contribution in [2.24, 2.45) is 10.3 Å². The molecule has 16 heteroatoms.